The summed E-state index contributed by atoms with van der Waals surface area (Å²) >= 11 is 0. The lowest BCUT2D eigenvalue weighted by molar-refractivity contribution is -0.129. The number of allylic oxidation sites excluding steroid dienone is 2. The van der Waals surface area contributed by atoms with E-state index in [0.29, 0.717) is 19.0 Å². The Bertz CT molecular complexity index is 195. The maximum absolute atomic E-state index is 9.86. The minimum absolute atomic E-state index is 0.250. The van der Waals surface area contributed by atoms with Crippen LogP contribution in [0.15, 0.2) is 11.6 Å². The van der Waals surface area contributed by atoms with Crippen LogP contribution >= 0.6 is 0 Å². The number of carboxylic acid groups (broad SMARTS) is 1. The maximum atomic E-state index is 9.86. The van der Waals surface area contributed by atoms with Gasteiger partial charge in [-0.15, -0.1) is 0 Å². The van der Waals surface area contributed by atoms with Gasteiger partial charge in [0, 0.05) is 0 Å². The first-order chi connectivity index (χ1) is 7.58. The van der Waals surface area contributed by atoms with Crippen molar-refractivity contribution in [1.82, 2.24) is 0 Å². The van der Waals surface area contributed by atoms with Gasteiger partial charge < -0.3 is 9.84 Å². The van der Waals surface area contributed by atoms with Gasteiger partial charge in [0.05, 0.1) is 6.61 Å². The summed E-state index contributed by atoms with van der Waals surface area (Å²) in [6.45, 7) is 7.23. The van der Waals surface area contributed by atoms with E-state index in [-0.39, 0.29) is 6.47 Å². The summed E-state index contributed by atoms with van der Waals surface area (Å²) in [5, 5.41) is 6.89. The highest BCUT2D eigenvalue weighted by atomic mass is 16.5. The average Bonchev–Trinajstić information content (AvgIpc) is 2.18. The Kier molecular flexibility index (Phi) is 14.6. The maximum Gasteiger partial charge on any atom is 0.293 e. The van der Waals surface area contributed by atoms with E-state index in [9.17, 15) is 4.79 Å². The quantitative estimate of drug-likeness (QED) is 0.415. The predicted octanol–water partition coefficient (Wildman–Crippen LogP) is 2.63. The van der Waals surface area contributed by atoms with Gasteiger partial charge >= 0.3 is 0 Å². The molecule has 0 aromatic rings. The van der Waals surface area contributed by atoms with Crippen molar-refractivity contribution in [3.05, 3.63) is 11.6 Å². The van der Waals surface area contributed by atoms with E-state index in [0.717, 1.165) is 12.8 Å². The lowest BCUT2D eigenvalue weighted by atomic mass is 10.0. The summed E-state index contributed by atoms with van der Waals surface area (Å²) in [5.41, 5.74) is 1.37. The van der Waals surface area contributed by atoms with E-state index in [1.54, 1.807) is 0 Å². The molecule has 0 spiro atoms. The highest BCUT2D eigenvalue weighted by Gasteiger charge is 2.00. The Balaban J connectivity index is 0. The Morgan fingerprint density at radius 1 is 1.31 bits per heavy atom. The summed E-state index contributed by atoms with van der Waals surface area (Å²) in [5.74, 6) is 0.635. The standard InChI is InChI=1S/C11H20O2.CH2O2/c1-10(2)5-4-6-11(3)7-8-13-9-12;2-1-3/h5,9,11H,4,6-8H2,1-3H3;1H,(H,2,3). The zero-order chi connectivity index (χ0) is 12.8. The van der Waals surface area contributed by atoms with Crippen LogP contribution in [0, 0.1) is 5.92 Å². The first-order valence-corrected chi connectivity index (χ1v) is 5.34. The average molecular weight is 230 g/mol. The van der Waals surface area contributed by atoms with Crippen molar-refractivity contribution >= 4 is 12.9 Å². The lowest BCUT2D eigenvalue weighted by Crippen LogP contribution is -2.00. The van der Waals surface area contributed by atoms with Gasteiger partial charge in [0.2, 0.25) is 0 Å². The van der Waals surface area contributed by atoms with Crippen molar-refractivity contribution in [2.24, 2.45) is 5.92 Å². The third-order valence-electron chi connectivity index (χ3n) is 2.01. The van der Waals surface area contributed by atoms with Crippen LogP contribution in [0.5, 0.6) is 0 Å². The number of rotatable bonds is 7. The van der Waals surface area contributed by atoms with E-state index in [1.165, 1.54) is 12.0 Å². The first-order valence-electron chi connectivity index (χ1n) is 5.34. The molecule has 0 aliphatic carbocycles. The first kappa shape index (κ1) is 17.1. The second-order valence-electron chi connectivity index (χ2n) is 3.83. The van der Waals surface area contributed by atoms with Gasteiger partial charge in [0.1, 0.15) is 0 Å². The molecule has 0 aliphatic rings. The van der Waals surface area contributed by atoms with Crippen molar-refractivity contribution < 1.29 is 19.4 Å². The molecule has 94 valence electrons. The molecule has 4 nitrogen and oxygen atoms in total. The smallest absolute Gasteiger partial charge is 0.293 e. The summed E-state index contributed by atoms with van der Waals surface area (Å²) in [7, 11) is 0. The molecular weight excluding hydrogens is 208 g/mol. The van der Waals surface area contributed by atoms with Gasteiger partial charge in [0.15, 0.2) is 0 Å². The van der Waals surface area contributed by atoms with Crippen molar-refractivity contribution in [1.29, 1.82) is 0 Å². The Labute approximate surface area is 97.3 Å². The van der Waals surface area contributed by atoms with Gasteiger partial charge in [0.25, 0.3) is 12.9 Å². The molecule has 0 aromatic carbocycles. The third kappa shape index (κ3) is 18.5. The number of hydrogen-bond donors (Lipinski definition) is 1. The summed E-state index contributed by atoms with van der Waals surface area (Å²) in [6.07, 6.45) is 5.52. The highest BCUT2D eigenvalue weighted by molar-refractivity contribution is 5.36. The van der Waals surface area contributed by atoms with Crippen LogP contribution in [0.3, 0.4) is 0 Å². The summed E-state index contributed by atoms with van der Waals surface area (Å²) < 4.78 is 4.64. The highest BCUT2D eigenvalue weighted by Crippen LogP contribution is 2.11. The normalized spacial score (nSPS) is 10.4. The van der Waals surface area contributed by atoms with E-state index < -0.39 is 0 Å². The van der Waals surface area contributed by atoms with Gasteiger partial charge in [-0.1, -0.05) is 18.6 Å². The van der Waals surface area contributed by atoms with Crippen molar-refractivity contribution in [2.75, 3.05) is 6.61 Å². The molecule has 0 heterocycles. The fourth-order valence-electron chi connectivity index (χ4n) is 1.12. The molecule has 0 bridgehead atoms. The van der Waals surface area contributed by atoms with Crippen LogP contribution in [0.25, 0.3) is 0 Å². The number of hydrogen-bond acceptors (Lipinski definition) is 3. The molecule has 0 saturated carbocycles. The molecule has 1 unspecified atom stereocenters. The van der Waals surface area contributed by atoms with Crippen molar-refractivity contribution in [2.45, 2.75) is 40.0 Å². The monoisotopic (exact) mass is 230 g/mol. The van der Waals surface area contributed by atoms with E-state index in [1.807, 2.05) is 0 Å². The number of carbonyl (C=O) groups is 2. The number of ether oxygens (including phenoxy) is 1. The molecule has 0 radical (unpaired) electrons. The van der Waals surface area contributed by atoms with Crippen LogP contribution in [-0.2, 0) is 14.3 Å². The van der Waals surface area contributed by atoms with E-state index >= 15 is 0 Å². The molecule has 4 heteroatoms. The molecule has 1 atom stereocenters. The predicted molar refractivity (Wildman–Crippen MR) is 63.2 cm³/mol. The minimum Gasteiger partial charge on any atom is -0.483 e. The van der Waals surface area contributed by atoms with Crippen molar-refractivity contribution in [3.8, 4) is 0 Å². The Hall–Kier alpha value is -1.32. The second-order valence-corrected chi connectivity index (χ2v) is 3.83. The molecule has 0 amide bonds. The van der Waals surface area contributed by atoms with E-state index in [2.05, 4.69) is 31.6 Å². The van der Waals surface area contributed by atoms with Crippen LogP contribution in [0.1, 0.15) is 40.0 Å². The fourth-order valence-corrected chi connectivity index (χ4v) is 1.12. The molecule has 0 aromatic heterocycles. The van der Waals surface area contributed by atoms with Gasteiger partial charge in [-0.2, -0.15) is 0 Å². The molecule has 1 N–H and O–H groups in total. The topological polar surface area (TPSA) is 63.6 Å². The lowest BCUT2D eigenvalue weighted by Gasteiger charge is -2.08. The zero-order valence-corrected chi connectivity index (χ0v) is 10.3. The van der Waals surface area contributed by atoms with Gasteiger partial charge in [-0.05, 0) is 39.0 Å². The van der Waals surface area contributed by atoms with Gasteiger partial charge in [-0.25, -0.2) is 0 Å². The third-order valence-corrected chi connectivity index (χ3v) is 2.01. The summed E-state index contributed by atoms with van der Waals surface area (Å²) in [4.78, 5) is 18.2. The van der Waals surface area contributed by atoms with Crippen LogP contribution < -0.4 is 0 Å². The molecule has 0 fully saturated rings. The summed E-state index contributed by atoms with van der Waals surface area (Å²) in [6, 6.07) is 0. The second kappa shape index (κ2) is 13.7. The Morgan fingerprint density at radius 3 is 2.31 bits per heavy atom. The molecule has 0 rings (SSSR count). The molecule has 0 aliphatic heterocycles. The zero-order valence-electron chi connectivity index (χ0n) is 10.3. The van der Waals surface area contributed by atoms with Gasteiger partial charge in [-0.3, -0.25) is 9.59 Å². The fraction of sp³-hybridized carbons (Fsp3) is 0.667. The van der Waals surface area contributed by atoms with Crippen LogP contribution in [0.2, 0.25) is 0 Å². The molecule has 0 saturated heterocycles. The SMILES string of the molecule is CC(C)=CCCC(C)CCOC=O.O=CO. The van der Waals surface area contributed by atoms with E-state index in [4.69, 9.17) is 9.90 Å². The Morgan fingerprint density at radius 2 is 1.88 bits per heavy atom. The minimum atomic E-state index is -0.250. The number of carbonyl (C=O) groups excluding carboxylic acids is 1. The largest absolute Gasteiger partial charge is 0.483 e. The molecular formula is C12H22O4. The van der Waals surface area contributed by atoms with Crippen LogP contribution in [-0.4, -0.2) is 24.7 Å². The molecule has 16 heavy (non-hydrogen) atoms. The van der Waals surface area contributed by atoms with Crippen LogP contribution in [0.4, 0.5) is 0 Å². The van der Waals surface area contributed by atoms with Crippen molar-refractivity contribution in [3.63, 3.8) is 0 Å².